The molecule has 1 fully saturated rings. The fourth-order valence-corrected chi connectivity index (χ4v) is 6.36. The number of amides is 2. The Kier molecular flexibility index (Phi) is 8.31. The van der Waals surface area contributed by atoms with Crippen molar-refractivity contribution >= 4 is 22.7 Å². The third-order valence-corrected chi connectivity index (χ3v) is 8.86. The molecule has 0 spiro atoms. The van der Waals surface area contributed by atoms with Gasteiger partial charge in [0.1, 0.15) is 5.69 Å². The van der Waals surface area contributed by atoms with Gasteiger partial charge in [-0.25, -0.2) is 0 Å². The molecule has 0 bridgehead atoms. The monoisotopic (exact) mass is 546 g/mol. The average molecular weight is 547 g/mol. The summed E-state index contributed by atoms with van der Waals surface area (Å²) in [6.07, 6.45) is 1.60. The van der Waals surface area contributed by atoms with Crippen LogP contribution in [0.5, 0.6) is 0 Å². The van der Waals surface area contributed by atoms with Crippen LogP contribution in [0.4, 0.5) is 0 Å². The van der Waals surface area contributed by atoms with E-state index in [1.807, 2.05) is 63.0 Å². The van der Waals surface area contributed by atoms with Crippen LogP contribution in [0, 0.1) is 5.92 Å². The van der Waals surface area contributed by atoms with Crippen molar-refractivity contribution in [1.82, 2.24) is 19.3 Å². The summed E-state index contributed by atoms with van der Waals surface area (Å²) in [7, 11) is 5.80. The quantitative estimate of drug-likeness (QED) is 0.528. The maximum Gasteiger partial charge on any atom is 0.271 e. The van der Waals surface area contributed by atoms with Crippen molar-refractivity contribution in [3.05, 3.63) is 59.8 Å². The molecule has 2 amide bonds. The Hall–Kier alpha value is -3.20. The van der Waals surface area contributed by atoms with Gasteiger partial charge < -0.3 is 24.2 Å². The summed E-state index contributed by atoms with van der Waals surface area (Å²) in [6, 6.07) is 15.7. The number of fused-ring (bicyclic) bond motifs is 5. The molecule has 2 aliphatic heterocycles. The van der Waals surface area contributed by atoms with E-state index in [4.69, 9.17) is 4.74 Å². The van der Waals surface area contributed by atoms with Crippen LogP contribution in [0.15, 0.2) is 48.5 Å². The minimum absolute atomic E-state index is 0.0853. The molecule has 1 saturated heterocycles. The molecule has 2 aromatic carbocycles. The molecule has 5 rings (SSSR count). The molecule has 4 atom stereocenters. The number of hydrogen-bond acceptors (Lipinski definition) is 5. The zero-order valence-electron chi connectivity index (χ0n) is 24.3. The number of carbonyl (C=O) groups is 2. The number of nitrogens with zero attached hydrogens (tertiary/aromatic N) is 4. The summed E-state index contributed by atoms with van der Waals surface area (Å²) in [6.45, 7) is 5.92. The molecule has 40 heavy (non-hydrogen) atoms. The summed E-state index contributed by atoms with van der Waals surface area (Å²) < 4.78 is 8.62. The number of benzene rings is 2. The summed E-state index contributed by atoms with van der Waals surface area (Å²) in [4.78, 5) is 33.5. The van der Waals surface area contributed by atoms with Gasteiger partial charge in [0, 0.05) is 49.6 Å². The number of rotatable bonds is 5. The molecule has 8 nitrogen and oxygen atoms in total. The Balaban J connectivity index is 1.58. The van der Waals surface area contributed by atoms with Gasteiger partial charge in [0.2, 0.25) is 5.91 Å². The maximum absolute atomic E-state index is 14.4. The highest BCUT2D eigenvalue weighted by Crippen LogP contribution is 2.38. The van der Waals surface area contributed by atoms with E-state index < -0.39 is 0 Å². The first-order chi connectivity index (χ1) is 19.2. The fraction of sp³-hybridized carbons (Fsp3) is 0.500. The van der Waals surface area contributed by atoms with Crippen LogP contribution in [0.1, 0.15) is 42.7 Å². The van der Waals surface area contributed by atoms with Gasteiger partial charge in [-0.2, -0.15) is 0 Å². The molecule has 1 N–H and O–H groups in total. The van der Waals surface area contributed by atoms with E-state index in [-0.39, 0.29) is 42.5 Å². The highest BCUT2D eigenvalue weighted by atomic mass is 16.5. The van der Waals surface area contributed by atoms with Crippen molar-refractivity contribution in [3.8, 4) is 11.1 Å². The van der Waals surface area contributed by atoms with E-state index in [0.717, 1.165) is 47.0 Å². The minimum Gasteiger partial charge on any atom is -0.394 e. The molecule has 3 heterocycles. The number of likely N-dealkylation sites (tertiary alicyclic amines) is 1. The number of aliphatic hydroxyl groups excluding tert-OH is 1. The smallest absolute Gasteiger partial charge is 0.271 e. The number of aromatic nitrogens is 1. The van der Waals surface area contributed by atoms with Crippen LogP contribution in [0.3, 0.4) is 0 Å². The predicted molar refractivity (Wildman–Crippen MR) is 157 cm³/mol. The maximum atomic E-state index is 14.4. The molecule has 0 unspecified atom stereocenters. The molecular formula is C32H42N4O4. The molecule has 2 aliphatic rings. The van der Waals surface area contributed by atoms with Gasteiger partial charge in [-0.3, -0.25) is 14.5 Å². The lowest BCUT2D eigenvalue weighted by Gasteiger charge is -2.35. The lowest BCUT2D eigenvalue weighted by atomic mass is 9.96. The van der Waals surface area contributed by atoms with Crippen LogP contribution >= 0.6 is 0 Å². The van der Waals surface area contributed by atoms with Crippen molar-refractivity contribution < 1.29 is 19.4 Å². The van der Waals surface area contributed by atoms with Gasteiger partial charge in [-0.05, 0) is 50.6 Å². The second-order valence-corrected chi connectivity index (χ2v) is 11.6. The van der Waals surface area contributed by atoms with Gasteiger partial charge in [0.15, 0.2) is 0 Å². The lowest BCUT2D eigenvalue weighted by molar-refractivity contribution is -0.137. The topological polar surface area (TPSA) is 78.2 Å². The number of aliphatic hydroxyl groups is 1. The Morgan fingerprint density at radius 2 is 1.88 bits per heavy atom. The molecule has 1 aromatic heterocycles. The molecule has 0 saturated carbocycles. The largest absolute Gasteiger partial charge is 0.394 e. The first-order valence-corrected chi connectivity index (χ1v) is 14.4. The summed E-state index contributed by atoms with van der Waals surface area (Å²) in [5.41, 5.74) is 4.44. The van der Waals surface area contributed by atoms with E-state index in [0.29, 0.717) is 25.4 Å². The van der Waals surface area contributed by atoms with Gasteiger partial charge in [0.25, 0.3) is 5.91 Å². The van der Waals surface area contributed by atoms with E-state index >= 15 is 0 Å². The van der Waals surface area contributed by atoms with Crippen LogP contribution in [-0.4, -0.2) is 94.7 Å². The molecule has 8 heteroatoms. The van der Waals surface area contributed by atoms with Gasteiger partial charge in [-0.1, -0.05) is 49.4 Å². The van der Waals surface area contributed by atoms with E-state index in [9.17, 15) is 14.7 Å². The van der Waals surface area contributed by atoms with Crippen LogP contribution in [0.2, 0.25) is 0 Å². The summed E-state index contributed by atoms with van der Waals surface area (Å²) in [5, 5.41) is 11.2. The molecule has 3 aromatic rings. The Morgan fingerprint density at radius 3 is 2.60 bits per heavy atom. The van der Waals surface area contributed by atoms with E-state index in [2.05, 4.69) is 30.0 Å². The first-order valence-electron chi connectivity index (χ1n) is 14.4. The fourth-order valence-electron chi connectivity index (χ4n) is 6.36. The molecule has 0 radical (unpaired) electrons. The lowest BCUT2D eigenvalue weighted by Crippen LogP contribution is -2.49. The number of hydrogen-bond donors (Lipinski definition) is 1. The summed E-state index contributed by atoms with van der Waals surface area (Å²) >= 11 is 0. The standard InChI is InChI=1S/C32H42N4O4/c1-21-17-36(22(2)19-37)32(39)30-29(25-13-8-9-14-26(25)35(30)5)24-12-7-6-11-23(24)20-40-28(21)18-34(4)31(38)27-15-10-16-33(27)3/h6-9,11-14,21-22,27-28,37H,10,15-20H2,1-5H3/t21-,22-,27-,28+/m1/s1. The predicted octanol–water partition coefficient (Wildman–Crippen LogP) is 3.76. The van der Waals surface area contributed by atoms with Crippen molar-refractivity contribution in [2.75, 3.05) is 40.3 Å². The zero-order valence-corrected chi connectivity index (χ0v) is 24.3. The van der Waals surface area contributed by atoms with Crippen LogP contribution in [-0.2, 0) is 23.2 Å². The second-order valence-electron chi connectivity index (χ2n) is 11.6. The molecule has 0 aliphatic carbocycles. The third-order valence-electron chi connectivity index (χ3n) is 8.86. The van der Waals surface area contributed by atoms with Crippen LogP contribution in [0.25, 0.3) is 22.0 Å². The van der Waals surface area contributed by atoms with Gasteiger partial charge >= 0.3 is 0 Å². The number of carbonyl (C=O) groups excluding carboxylic acids is 2. The van der Waals surface area contributed by atoms with Crippen molar-refractivity contribution in [1.29, 1.82) is 0 Å². The van der Waals surface area contributed by atoms with Crippen molar-refractivity contribution in [2.45, 2.75) is 51.5 Å². The van der Waals surface area contributed by atoms with E-state index in [1.165, 1.54) is 0 Å². The zero-order chi connectivity index (χ0) is 28.6. The first kappa shape index (κ1) is 28.3. The highest BCUT2D eigenvalue weighted by molar-refractivity contribution is 6.10. The number of likely N-dealkylation sites (N-methyl/N-ethyl adjacent to an activating group) is 2. The van der Waals surface area contributed by atoms with Crippen molar-refractivity contribution in [3.63, 3.8) is 0 Å². The number of ether oxygens (including phenoxy) is 1. The third kappa shape index (κ3) is 5.16. The average Bonchev–Trinajstić information content (AvgIpc) is 3.52. The normalized spacial score (nSPS) is 23.0. The Labute approximate surface area is 237 Å². The Bertz CT molecular complexity index is 1380. The van der Waals surface area contributed by atoms with Crippen LogP contribution < -0.4 is 0 Å². The molecule has 214 valence electrons. The van der Waals surface area contributed by atoms with E-state index in [1.54, 1.807) is 9.80 Å². The minimum atomic E-state index is -0.385. The summed E-state index contributed by atoms with van der Waals surface area (Å²) in [5.74, 6) is -0.0893. The van der Waals surface area contributed by atoms with Gasteiger partial charge in [-0.15, -0.1) is 0 Å². The van der Waals surface area contributed by atoms with Gasteiger partial charge in [0.05, 0.1) is 31.4 Å². The SMILES string of the molecule is C[C@@H]1CN([C@H](C)CO)C(=O)c2c(c3ccccc3n2C)-c2ccccc2CO[C@H]1CN(C)C(=O)[C@H]1CCCN1C. The molecular weight excluding hydrogens is 504 g/mol. The second kappa shape index (κ2) is 11.7. The Morgan fingerprint density at radius 1 is 1.15 bits per heavy atom. The number of para-hydroxylation sites is 1. The number of aryl methyl sites for hydroxylation is 1. The van der Waals surface area contributed by atoms with Crippen molar-refractivity contribution in [2.24, 2.45) is 13.0 Å². The highest BCUT2D eigenvalue weighted by Gasteiger charge is 2.35.